The topological polar surface area (TPSA) is 64.3 Å². The van der Waals surface area contributed by atoms with Gasteiger partial charge in [0.1, 0.15) is 6.04 Å². The lowest BCUT2D eigenvalue weighted by Gasteiger charge is -2.19. The molecule has 6 heteroatoms. The molecule has 3 N–H and O–H groups in total. The summed E-state index contributed by atoms with van der Waals surface area (Å²) in [6.45, 7) is 0.258. The molecular formula is C12H19ClN2O2S. The third kappa shape index (κ3) is 3.95. The van der Waals surface area contributed by atoms with Crippen LogP contribution in [-0.2, 0) is 9.53 Å². The van der Waals surface area contributed by atoms with Gasteiger partial charge in [-0.2, -0.15) is 0 Å². The van der Waals surface area contributed by atoms with Gasteiger partial charge in [-0.15, -0.1) is 23.7 Å². The van der Waals surface area contributed by atoms with Crippen molar-refractivity contribution in [2.24, 2.45) is 11.7 Å². The van der Waals surface area contributed by atoms with E-state index >= 15 is 0 Å². The van der Waals surface area contributed by atoms with Crippen LogP contribution in [0.25, 0.3) is 0 Å². The molecule has 1 fully saturated rings. The summed E-state index contributed by atoms with van der Waals surface area (Å²) in [7, 11) is 1.55. The number of hydrogen-bond acceptors (Lipinski definition) is 4. The van der Waals surface area contributed by atoms with Gasteiger partial charge in [-0.1, -0.05) is 6.07 Å². The van der Waals surface area contributed by atoms with Crippen LogP contribution < -0.4 is 11.1 Å². The smallest absolute Gasteiger partial charge is 0.239 e. The second-order valence-corrected chi connectivity index (χ2v) is 5.38. The molecule has 2 rings (SSSR count). The largest absolute Gasteiger partial charge is 0.383 e. The number of carbonyl (C=O) groups excluding carboxylic acids is 1. The Kier molecular flexibility index (Phi) is 6.08. The lowest BCUT2D eigenvalue weighted by molar-refractivity contribution is -0.124. The first-order valence-corrected chi connectivity index (χ1v) is 6.68. The molecule has 0 radical (unpaired) electrons. The van der Waals surface area contributed by atoms with Gasteiger partial charge in [0.05, 0.1) is 12.6 Å². The van der Waals surface area contributed by atoms with Crippen molar-refractivity contribution in [1.29, 1.82) is 0 Å². The third-order valence-corrected chi connectivity index (χ3v) is 3.88. The Balaban J connectivity index is 0.00000162. The molecule has 1 aliphatic rings. The van der Waals surface area contributed by atoms with E-state index in [1.807, 2.05) is 11.4 Å². The van der Waals surface area contributed by atoms with Crippen molar-refractivity contribution < 1.29 is 9.53 Å². The predicted molar refractivity (Wildman–Crippen MR) is 75.0 cm³/mol. The molecule has 1 heterocycles. The van der Waals surface area contributed by atoms with Gasteiger partial charge in [0, 0.05) is 12.0 Å². The highest BCUT2D eigenvalue weighted by atomic mass is 35.5. The highest BCUT2D eigenvalue weighted by Crippen LogP contribution is 2.42. The molecule has 1 aliphatic carbocycles. The number of hydrogen-bond donors (Lipinski definition) is 2. The van der Waals surface area contributed by atoms with Crippen LogP contribution in [0.15, 0.2) is 17.5 Å². The van der Waals surface area contributed by atoms with E-state index in [0.717, 1.165) is 0 Å². The summed E-state index contributed by atoms with van der Waals surface area (Å²) >= 11 is 1.68. The van der Waals surface area contributed by atoms with Crippen molar-refractivity contribution in [2.45, 2.75) is 24.9 Å². The first kappa shape index (κ1) is 15.4. The summed E-state index contributed by atoms with van der Waals surface area (Å²) in [5.41, 5.74) is 5.72. The Morgan fingerprint density at radius 3 is 2.89 bits per heavy atom. The molecule has 0 aromatic carbocycles. The second-order valence-electron chi connectivity index (χ2n) is 4.40. The Labute approximate surface area is 117 Å². The van der Waals surface area contributed by atoms with Gasteiger partial charge in [0.15, 0.2) is 0 Å². The number of amides is 1. The van der Waals surface area contributed by atoms with Crippen LogP contribution in [0.4, 0.5) is 0 Å². The molecule has 1 amide bonds. The highest BCUT2D eigenvalue weighted by molar-refractivity contribution is 7.10. The molecule has 1 saturated carbocycles. The summed E-state index contributed by atoms with van der Waals surface area (Å²) < 4.78 is 4.89. The lowest BCUT2D eigenvalue weighted by atomic mass is 10.1. The maximum Gasteiger partial charge on any atom is 0.239 e. The maximum atomic E-state index is 11.9. The van der Waals surface area contributed by atoms with E-state index in [1.54, 1.807) is 18.4 Å². The third-order valence-electron chi connectivity index (χ3n) is 2.92. The van der Waals surface area contributed by atoms with Crippen LogP contribution in [0.1, 0.15) is 23.8 Å². The predicted octanol–water partition coefficient (Wildman–Crippen LogP) is 1.71. The number of nitrogens with two attached hydrogens (primary N) is 1. The zero-order valence-corrected chi connectivity index (χ0v) is 11.9. The van der Waals surface area contributed by atoms with Crippen LogP contribution in [-0.4, -0.2) is 25.7 Å². The molecule has 2 atom stereocenters. The van der Waals surface area contributed by atoms with Gasteiger partial charge in [0.2, 0.25) is 5.91 Å². The zero-order chi connectivity index (χ0) is 12.3. The number of ether oxygens (including phenoxy) is 1. The maximum absolute atomic E-state index is 11.9. The summed E-state index contributed by atoms with van der Waals surface area (Å²) in [5.74, 6) is 0.449. The van der Waals surface area contributed by atoms with Crippen molar-refractivity contribution in [1.82, 2.24) is 5.32 Å². The van der Waals surface area contributed by atoms with Gasteiger partial charge < -0.3 is 15.8 Å². The number of methoxy groups -OCH3 is 1. The van der Waals surface area contributed by atoms with Crippen molar-refractivity contribution in [3.8, 4) is 0 Å². The quantitative estimate of drug-likeness (QED) is 0.838. The van der Waals surface area contributed by atoms with Crippen LogP contribution in [0.2, 0.25) is 0 Å². The van der Waals surface area contributed by atoms with Gasteiger partial charge in [-0.05, 0) is 30.2 Å². The molecular weight excluding hydrogens is 272 g/mol. The highest BCUT2D eigenvalue weighted by Gasteiger charge is 2.34. The van der Waals surface area contributed by atoms with Gasteiger partial charge in [-0.3, -0.25) is 4.79 Å². The van der Waals surface area contributed by atoms with Crippen molar-refractivity contribution in [2.75, 3.05) is 13.7 Å². The lowest BCUT2D eigenvalue weighted by Crippen LogP contribution is -2.45. The second kappa shape index (κ2) is 7.09. The number of halogens is 1. The van der Waals surface area contributed by atoms with Crippen LogP contribution in [0.5, 0.6) is 0 Å². The first-order valence-electron chi connectivity index (χ1n) is 5.80. The fourth-order valence-electron chi connectivity index (χ4n) is 1.83. The molecule has 0 bridgehead atoms. The average molecular weight is 291 g/mol. The minimum absolute atomic E-state index is 0. The summed E-state index contributed by atoms with van der Waals surface area (Å²) in [6, 6.07) is 3.62. The molecule has 4 nitrogen and oxygen atoms in total. The molecule has 0 saturated heterocycles. The Morgan fingerprint density at radius 1 is 1.67 bits per heavy atom. The first-order chi connectivity index (χ1) is 8.22. The van der Waals surface area contributed by atoms with Crippen LogP contribution in [0.3, 0.4) is 0 Å². The SMILES string of the molecule is COCC(N)C(=O)NC(c1cccs1)C1CC1.Cl. The minimum Gasteiger partial charge on any atom is -0.383 e. The van der Waals surface area contributed by atoms with E-state index in [1.165, 1.54) is 17.7 Å². The van der Waals surface area contributed by atoms with E-state index in [9.17, 15) is 4.79 Å². The average Bonchev–Trinajstić information content (AvgIpc) is 3.01. The zero-order valence-electron chi connectivity index (χ0n) is 10.3. The van der Waals surface area contributed by atoms with Crippen molar-refractivity contribution in [3.05, 3.63) is 22.4 Å². The Morgan fingerprint density at radius 2 is 2.39 bits per heavy atom. The minimum atomic E-state index is -0.582. The fourth-order valence-corrected chi connectivity index (χ4v) is 2.70. The van der Waals surface area contributed by atoms with Crippen LogP contribution >= 0.6 is 23.7 Å². The normalized spacial score (nSPS) is 17.7. The van der Waals surface area contributed by atoms with Crippen molar-refractivity contribution >= 4 is 29.7 Å². The monoisotopic (exact) mass is 290 g/mol. The molecule has 18 heavy (non-hydrogen) atoms. The number of rotatable bonds is 6. The molecule has 102 valence electrons. The van der Waals surface area contributed by atoms with Crippen LogP contribution in [0, 0.1) is 5.92 Å². The number of carbonyl (C=O) groups is 1. The van der Waals surface area contributed by atoms with E-state index in [0.29, 0.717) is 5.92 Å². The standard InChI is InChI=1S/C12H18N2O2S.ClH/c1-16-7-9(13)12(15)14-11(8-4-5-8)10-3-2-6-17-10;/h2-3,6,8-9,11H,4-5,7,13H2,1H3,(H,14,15);1H. The van der Waals surface area contributed by atoms with E-state index in [2.05, 4.69) is 11.4 Å². The Hall–Kier alpha value is -0.620. The van der Waals surface area contributed by atoms with Gasteiger partial charge in [-0.25, -0.2) is 0 Å². The molecule has 0 aliphatic heterocycles. The number of nitrogens with one attached hydrogen (secondary N) is 1. The summed E-state index contributed by atoms with van der Waals surface area (Å²) in [4.78, 5) is 13.1. The molecule has 2 unspecified atom stereocenters. The summed E-state index contributed by atoms with van der Waals surface area (Å²) in [5, 5.41) is 5.07. The number of thiophene rings is 1. The molecule has 1 aromatic rings. The van der Waals surface area contributed by atoms with Gasteiger partial charge in [0.25, 0.3) is 0 Å². The van der Waals surface area contributed by atoms with E-state index < -0.39 is 6.04 Å². The summed E-state index contributed by atoms with van der Waals surface area (Å²) in [6.07, 6.45) is 2.37. The van der Waals surface area contributed by atoms with Crippen molar-refractivity contribution in [3.63, 3.8) is 0 Å². The molecule has 1 aromatic heterocycles. The van der Waals surface area contributed by atoms with E-state index in [-0.39, 0.29) is 31.0 Å². The Bertz CT molecular complexity index is 368. The van der Waals surface area contributed by atoms with E-state index in [4.69, 9.17) is 10.5 Å². The fraction of sp³-hybridized carbons (Fsp3) is 0.583. The van der Waals surface area contributed by atoms with Gasteiger partial charge >= 0.3 is 0 Å². The molecule has 0 spiro atoms.